The van der Waals surface area contributed by atoms with Gasteiger partial charge < -0.3 is 4.98 Å². The molecule has 0 aliphatic heterocycles. The van der Waals surface area contributed by atoms with E-state index in [0.29, 0.717) is 5.82 Å². The molecule has 1 aromatic heterocycles. The zero-order valence-electron chi connectivity index (χ0n) is 7.82. The van der Waals surface area contributed by atoms with Gasteiger partial charge in [-0.3, -0.25) is 4.79 Å². The molecule has 0 aliphatic rings. The second kappa shape index (κ2) is 3.46. The van der Waals surface area contributed by atoms with Gasteiger partial charge in [0.05, 0.1) is 0 Å². The number of aromatic nitrogens is 2. The molecule has 1 aromatic carbocycles. The average molecular weight is 186 g/mol. The summed E-state index contributed by atoms with van der Waals surface area (Å²) in [5.74, 6) is 0.621. The van der Waals surface area contributed by atoms with Crippen molar-refractivity contribution in [3.8, 4) is 11.4 Å². The Morgan fingerprint density at radius 2 is 2.00 bits per heavy atom. The minimum atomic E-state index is -0.127. The summed E-state index contributed by atoms with van der Waals surface area (Å²) >= 11 is 0. The monoisotopic (exact) mass is 186 g/mol. The van der Waals surface area contributed by atoms with Crippen LogP contribution in [0.5, 0.6) is 0 Å². The van der Waals surface area contributed by atoms with Crippen LogP contribution in [-0.4, -0.2) is 9.97 Å². The first-order valence-corrected chi connectivity index (χ1v) is 4.39. The van der Waals surface area contributed by atoms with Crippen LogP contribution in [-0.2, 0) is 0 Å². The highest BCUT2D eigenvalue weighted by atomic mass is 16.1. The van der Waals surface area contributed by atoms with E-state index in [2.05, 4.69) is 9.97 Å². The lowest BCUT2D eigenvalue weighted by molar-refractivity contribution is 1.12. The van der Waals surface area contributed by atoms with Gasteiger partial charge in [0.1, 0.15) is 5.82 Å². The van der Waals surface area contributed by atoms with Crippen LogP contribution in [0.4, 0.5) is 0 Å². The fourth-order valence-electron chi connectivity index (χ4n) is 1.35. The molecule has 0 unspecified atom stereocenters. The highest BCUT2D eigenvalue weighted by Gasteiger charge is 2.01. The lowest BCUT2D eigenvalue weighted by Crippen LogP contribution is -2.06. The van der Waals surface area contributed by atoms with Crippen molar-refractivity contribution in [3.63, 3.8) is 0 Å². The summed E-state index contributed by atoms with van der Waals surface area (Å²) < 4.78 is 0. The van der Waals surface area contributed by atoms with E-state index in [1.807, 2.05) is 31.2 Å². The molecule has 0 atom stereocenters. The van der Waals surface area contributed by atoms with Gasteiger partial charge in [-0.05, 0) is 12.5 Å². The molecule has 0 bridgehead atoms. The Hall–Kier alpha value is -1.90. The van der Waals surface area contributed by atoms with Gasteiger partial charge in [0, 0.05) is 17.8 Å². The quantitative estimate of drug-likeness (QED) is 0.737. The predicted octanol–water partition coefficient (Wildman–Crippen LogP) is 1.75. The Morgan fingerprint density at radius 3 is 2.71 bits per heavy atom. The number of aromatic amines is 1. The molecule has 0 saturated carbocycles. The minimum Gasteiger partial charge on any atom is -0.307 e. The zero-order chi connectivity index (χ0) is 9.97. The minimum absolute atomic E-state index is 0.127. The van der Waals surface area contributed by atoms with Gasteiger partial charge in [-0.1, -0.05) is 24.3 Å². The maximum absolute atomic E-state index is 11.1. The average Bonchev–Trinajstić information content (AvgIpc) is 2.18. The number of H-pyrrole nitrogens is 1. The number of benzene rings is 1. The highest BCUT2D eigenvalue weighted by Crippen LogP contribution is 2.16. The van der Waals surface area contributed by atoms with E-state index in [-0.39, 0.29) is 5.56 Å². The largest absolute Gasteiger partial charge is 0.307 e. The normalized spacial score (nSPS) is 10.1. The van der Waals surface area contributed by atoms with Gasteiger partial charge in [-0.15, -0.1) is 0 Å². The smallest absolute Gasteiger partial charge is 0.251 e. The second-order valence-electron chi connectivity index (χ2n) is 3.10. The van der Waals surface area contributed by atoms with E-state index in [1.54, 1.807) is 0 Å². The predicted molar refractivity (Wildman–Crippen MR) is 55.0 cm³/mol. The molecule has 0 spiro atoms. The topological polar surface area (TPSA) is 45.8 Å². The van der Waals surface area contributed by atoms with Gasteiger partial charge in [0.2, 0.25) is 0 Å². The molecular formula is C11H10N2O. The van der Waals surface area contributed by atoms with Crippen LogP contribution in [0.15, 0.2) is 41.3 Å². The molecule has 0 aliphatic carbocycles. The summed E-state index contributed by atoms with van der Waals surface area (Å²) in [5, 5.41) is 0. The number of hydrogen-bond donors (Lipinski definition) is 1. The summed E-state index contributed by atoms with van der Waals surface area (Å²) in [6.45, 7) is 1.99. The van der Waals surface area contributed by atoms with Crippen molar-refractivity contribution >= 4 is 0 Å². The number of nitrogens with zero attached hydrogens (tertiary/aromatic N) is 1. The third-order valence-corrected chi connectivity index (χ3v) is 2.07. The summed E-state index contributed by atoms with van der Waals surface area (Å²) in [4.78, 5) is 17.9. The maximum atomic E-state index is 11.1. The number of rotatable bonds is 1. The SMILES string of the molecule is Cc1ccccc1-c1nccc(=O)[nH]1. The molecule has 1 N–H and O–H groups in total. The highest BCUT2D eigenvalue weighted by molar-refractivity contribution is 5.59. The first-order chi connectivity index (χ1) is 6.77. The van der Waals surface area contributed by atoms with Gasteiger partial charge in [0.15, 0.2) is 0 Å². The fraction of sp³-hybridized carbons (Fsp3) is 0.0909. The Bertz CT molecular complexity index is 502. The van der Waals surface area contributed by atoms with Gasteiger partial charge in [0.25, 0.3) is 5.56 Å². The maximum Gasteiger partial charge on any atom is 0.251 e. The molecule has 1 heterocycles. The fourth-order valence-corrected chi connectivity index (χ4v) is 1.35. The van der Waals surface area contributed by atoms with E-state index in [4.69, 9.17) is 0 Å². The number of hydrogen-bond acceptors (Lipinski definition) is 2. The van der Waals surface area contributed by atoms with E-state index < -0.39 is 0 Å². The molecule has 3 nitrogen and oxygen atoms in total. The molecule has 2 aromatic rings. The van der Waals surface area contributed by atoms with Crippen LogP contribution < -0.4 is 5.56 Å². The molecule has 2 rings (SSSR count). The lowest BCUT2D eigenvalue weighted by atomic mass is 10.1. The molecule has 0 amide bonds. The Morgan fingerprint density at radius 1 is 1.21 bits per heavy atom. The third kappa shape index (κ3) is 1.57. The summed E-state index contributed by atoms with van der Waals surface area (Å²) in [7, 11) is 0. The van der Waals surface area contributed by atoms with Crippen LogP contribution in [0.2, 0.25) is 0 Å². The molecule has 14 heavy (non-hydrogen) atoms. The third-order valence-electron chi connectivity index (χ3n) is 2.07. The van der Waals surface area contributed by atoms with Crippen molar-refractivity contribution in [1.82, 2.24) is 9.97 Å². The van der Waals surface area contributed by atoms with Crippen LogP contribution in [0, 0.1) is 6.92 Å². The van der Waals surface area contributed by atoms with E-state index in [0.717, 1.165) is 11.1 Å². The molecule has 0 fully saturated rings. The zero-order valence-corrected chi connectivity index (χ0v) is 7.82. The standard InChI is InChI=1S/C11H10N2O/c1-8-4-2-3-5-9(8)11-12-7-6-10(14)13-11/h2-7H,1H3,(H,12,13,14). The van der Waals surface area contributed by atoms with Crippen LogP contribution in [0.25, 0.3) is 11.4 Å². The second-order valence-corrected chi connectivity index (χ2v) is 3.10. The van der Waals surface area contributed by atoms with Crippen LogP contribution in [0.3, 0.4) is 0 Å². The summed E-state index contributed by atoms with van der Waals surface area (Å²) in [6, 6.07) is 9.22. The first kappa shape index (κ1) is 8.69. The van der Waals surface area contributed by atoms with Crippen molar-refractivity contribution in [1.29, 1.82) is 0 Å². The summed E-state index contributed by atoms with van der Waals surface area (Å²) in [6.07, 6.45) is 1.51. The van der Waals surface area contributed by atoms with Crippen molar-refractivity contribution in [2.45, 2.75) is 6.92 Å². The van der Waals surface area contributed by atoms with Gasteiger partial charge >= 0.3 is 0 Å². The van der Waals surface area contributed by atoms with Gasteiger partial charge in [-0.2, -0.15) is 0 Å². The van der Waals surface area contributed by atoms with Crippen molar-refractivity contribution in [2.24, 2.45) is 0 Å². The van der Waals surface area contributed by atoms with E-state index in [1.165, 1.54) is 12.3 Å². The van der Waals surface area contributed by atoms with Crippen molar-refractivity contribution in [3.05, 3.63) is 52.4 Å². The summed E-state index contributed by atoms with van der Waals surface area (Å²) in [5.41, 5.74) is 1.94. The molecule has 0 saturated heterocycles. The van der Waals surface area contributed by atoms with Crippen molar-refractivity contribution < 1.29 is 0 Å². The first-order valence-electron chi connectivity index (χ1n) is 4.39. The van der Waals surface area contributed by atoms with E-state index >= 15 is 0 Å². The van der Waals surface area contributed by atoms with Crippen LogP contribution in [0.1, 0.15) is 5.56 Å². The van der Waals surface area contributed by atoms with Crippen molar-refractivity contribution in [2.75, 3.05) is 0 Å². The number of aryl methyl sites for hydroxylation is 1. The van der Waals surface area contributed by atoms with Gasteiger partial charge in [-0.25, -0.2) is 4.98 Å². The van der Waals surface area contributed by atoms with E-state index in [9.17, 15) is 4.79 Å². The number of nitrogens with one attached hydrogen (secondary N) is 1. The lowest BCUT2D eigenvalue weighted by Gasteiger charge is -2.02. The molecule has 3 heteroatoms. The Balaban J connectivity index is 2.61. The molecule has 70 valence electrons. The Kier molecular flexibility index (Phi) is 2.14. The molecular weight excluding hydrogens is 176 g/mol. The Labute approximate surface area is 81.5 Å². The van der Waals surface area contributed by atoms with Crippen LogP contribution >= 0.6 is 0 Å². The molecule has 0 radical (unpaired) electrons.